The summed E-state index contributed by atoms with van der Waals surface area (Å²) in [5, 5.41) is 2.68. The van der Waals surface area contributed by atoms with Crippen LogP contribution in [-0.4, -0.2) is 64.2 Å². The third kappa shape index (κ3) is 6.29. The van der Waals surface area contributed by atoms with Gasteiger partial charge in [-0.15, -0.1) is 6.42 Å². The average Bonchev–Trinajstić information content (AvgIpc) is 3.45. The van der Waals surface area contributed by atoms with Gasteiger partial charge < -0.3 is 29.0 Å². The lowest BCUT2D eigenvalue weighted by Crippen LogP contribution is -2.44. The number of H-pyrrole nitrogens is 1. The van der Waals surface area contributed by atoms with Crippen LogP contribution in [0.25, 0.3) is 11.0 Å². The Balaban J connectivity index is 1.62. The number of nitrogens with zero attached hydrogens (tertiary/aromatic N) is 2. The average molecular weight is 592 g/mol. The molecule has 1 fully saturated rings. The summed E-state index contributed by atoms with van der Waals surface area (Å²) in [4.78, 5) is 31.2. The molecule has 3 aromatic rings. The maximum absolute atomic E-state index is 16.4. The van der Waals surface area contributed by atoms with E-state index in [1.54, 1.807) is 32.0 Å². The Labute approximate surface area is 235 Å². The number of carbonyl (C=O) groups excluding carboxylic acids is 1. The van der Waals surface area contributed by atoms with Crippen molar-refractivity contribution in [3.63, 3.8) is 0 Å². The second-order valence-corrected chi connectivity index (χ2v) is 11.2. The molecule has 0 amide bonds. The van der Waals surface area contributed by atoms with Gasteiger partial charge in [-0.2, -0.15) is 10.1 Å². The number of hydrogen-bond acceptors (Lipinski definition) is 10. The number of fused-ring (bicyclic) bond motifs is 1. The fourth-order valence-corrected chi connectivity index (χ4v) is 5.88. The fourth-order valence-electron chi connectivity index (χ4n) is 4.37. The smallest absolute Gasteiger partial charge is 0.459 e. The summed E-state index contributed by atoms with van der Waals surface area (Å²) in [6.45, 7) is 4.23. The van der Waals surface area contributed by atoms with Gasteiger partial charge in [0.25, 0.3) is 5.56 Å². The number of nitrogen functional groups attached to an aromatic ring is 1. The van der Waals surface area contributed by atoms with Gasteiger partial charge in [0.1, 0.15) is 24.0 Å². The molecule has 1 saturated heterocycles. The Hall–Kier alpha value is -3.73. The normalized spacial score (nSPS) is 24.6. The van der Waals surface area contributed by atoms with Gasteiger partial charge in [0, 0.05) is 13.3 Å². The molecule has 4 rings (SSSR count). The van der Waals surface area contributed by atoms with Crippen molar-refractivity contribution in [2.45, 2.75) is 57.0 Å². The first-order chi connectivity index (χ1) is 19.4. The van der Waals surface area contributed by atoms with Crippen molar-refractivity contribution in [2.24, 2.45) is 0 Å². The predicted molar refractivity (Wildman–Crippen MR) is 147 cm³/mol. The first-order valence-electron chi connectivity index (χ1n) is 12.6. The number of hydrogen-bond donors (Lipinski definition) is 3. The number of aromatic nitrogens is 3. The third-order valence-electron chi connectivity index (χ3n) is 6.18. The number of carbonyl (C=O) groups is 1. The van der Waals surface area contributed by atoms with Crippen molar-refractivity contribution in [1.82, 2.24) is 19.6 Å². The maximum Gasteiger partial charge on any atom is 0.459 e. The molecule has 1 aromatic carbocycles. The highest BCUT2D eigenvalue weighted by molar-refractivity contribution is 7.52. The Morgan fingerprint density at radius 1 is 1.34 bits per heavy atom. The Morgan fingerprint density at radius 3 is 2.68 bits per heavy atom. The van der Waals surface area contributed by atoms with Crippen LogP contribution in [-0.2, 0) is 28.1 Å². The maximum atomic E-state index is 16.4. The fraction of sp³-hybridized carbons (Fsp3) is 0.423. The summed E-state index contributed by atoms with van der Waals surface area (Å²) in [7, 11) is -3.08. The lowest BCUT2D eigenvalue weighted by molar-refractivity contribution is -0.149. The molecule has 41 heavy (non-hydrogen) atoms. The highest BCUT2D eigenvalue weighted by atomic mass is 31.2. The van der Waals surface area contributed by atoms with Gasteiger partial charge in [0.2, 0.25) is 11.6 Å². The zero-order valence-corrected chi connectivity index (χ0v) is 23.7. The van der Waals surface area contributed by atoms with E-state index in [1.165, 1.54) is 43.0 Å². The molecule has 2 aromatic heterocycles. The number of nitrogens with one attached hydrogen (secondary N) is 2. The Morgan fingerprint density at radius 2 is 2.05 bits per heavy atom. The molecule has 0 aliphatic carbocycles. The van der Waals surface area contributed by atoms with Crippen LogP contribution in [0.2, 0.25) is 0 Å². The van der Waals surface area contributed by atoms with E-state index in [9.17, 15) is 14.2 Å². The van der Waals surface area contributed by atoms with E-state index >= 15 is 4.39 Å². The number of alkyl halides is 1. The number of benzene rings is 1. The number of anilines is 1. The van der Waals surface area contributed by atoms with E-state index < -0.39 is 62.1 Å². The van der Waals surface area contributed by atoms with Gasteiger partial charge >= 0.3 is 13.7 Å². The lowest BCUT2D eigenvalue weighted by Gasteiger charge is -2.27. The molecule has 0 saturated carbocycles. The number of halogens is 1. The van der Waals surface area contributed by atoms with Crippen LogP contribution in [0.15, 0.2) is 47.4 Å². The number of nitrogens with two attached hydrogens (primary N) is 1. The number of esters is 1. The second-order valence-electron chi connectivity index (χ2n) is 9.54. The second kappa shape index (κ2) is 12.0. The molecule has 6 atom stereocenters. The highest BCUT2D eigenvalue weighted by Gasteiger charge is 2.59. The van der Waals surface area contributed by atoms with E-state index in [2.05, 4.69) is 21.0 Å². The molecule has 13 nitrogen and oxygen atoms in total. The Bertz CT molecular complexity index is 1540. The summed E-state index contributed by atoms with van der Waals surface area (Å²) in [5.41, 5.74) is 2.61. The van der Waals surface area contributed by atoms with Gasteiger partial charge in [0.05, 0.1) is 18.1 Å². The number of aromatic amines is 1. The van der Waals surface area contributed by atoms with Crippen molar-refractivity contribution in [3.05, 3.63) is 52.9 Å². The van der Waals surface area contributed by atoms with Crippen LogP contribution in [0.3, 0.4) is 0 Å². The van der Waals surface area contributed by atoms with Crippen LogP contribution < -0.4 is 20.9 Å². The molecule has 0 radical (unpaired) electrons. The number of ether oxygens (including phenoxy) is 3. The quantitative estimate of drug-likeness (QED) is 0.170. The van der Waals surface area contributed by atoms with Gasteiger partial charge in [-0.05, 0) is 39.0 Å². The largest absolute Gasteiger partial charge is 0.462 e. The van der Waals surface area contributed by atoms with Crippen LogP contribution >= 0.6 is 7.75 Å². The first kappa shape index (κ1) is 30.2. The SMILES string of the molecule is C#CC1(F)[C@@H](OC)[C@@H](COP(=O)(N[C@@H](C)C(=O)OC(C)C)Oc2ccccc2)O[C@H]1n1ccc2c(=O)[nH]c(N)nc21. The lowest BCUT2D eigenvalue weighted by atomic mass is 9.97. The van der Waals surface area contributed by atoms with Gasteiger partial charge in [-0.25, -0.2) is 8.96 Å². The van der Waals surface area contributed by atoms with Crippen LogP contribution in [0.5, 0.6) is 5.75 Å². The van der Waals surface area contributed by atoms with E-state index in [0.29, 0.717) is 0 Å². The number of rotatable bonds is 11. The number of methoxy groups -OCH3 is 1. The van der Waals surface area contributed by atoms with E-state index in [0.717, 1.165) is 0 Å². The molecular weight excluding hydrogens is 560 g/mol. The minimum atomic E-state index is -4.31. The van der Waals surface area contributed by atoms with Crippen molar-refractivity contribution in [2.75, 3.05) is 19.5 Å². The first-order valence-corrected chi connectivity index (χ1v) is 14.1. The summed E-state index contributed by atoms with van der Waals surface area (Å²) < 4.78 is 59.4. The zero-order chi connectivity index (χ0) is 29.9. The predicted octanol–water partition coefficient (Wildman–Crippen LogP) is 2.69. The van der Waals surface area contributed by atoms with Crippen molar-refractivity contribution < 1.29 is 37.0 Å². The summed E-state index contributed by atoms with van der Waals surface area (Å²) in [5.74, 6) is 1.39. The molecule has 220 valence electrons. The minimum Gasteiger partial charge on any atom is -0.462 e. The zero-order valence-electron chi connectivity index (χ0n) is 22.8. The van der Waals surface area contributed by atoms with Gasteiger partial charge in [-0.1, -0.05) is 24.1 Å². The molecule has 3 heterocycles. The van der Waals surface area contributed by atoms with E-state index in [4.69, 9.17) is 35.4 Å². The molecule has 2 unspecified atom stereocenters. The van der Waals surface area contributed by atoms with Crippen LogP contribution in [0.1, 0.15) is 27.0 Å². The molecular formula is C26H31FN5O8P. The molecule has 15 heteroatoms. The number of para-hydroxylation sites is 1. The highest BCUT2D eigenvalue weighted by Crippen LogP contribution is 2.48. The molecule has 1 aliphatic heterocycles. The standard InChI is InChI=1S/C26H31FN5O8P/c1-6-26(27)20(36-5)19(39-24(26)32-13-12-18-21(32)29-25(28)30-22(18)33)14-37-41(35,40-17-10-8-7-9-11-17)31-16(4)23(34)38-15(2)3/h1,7-13,15-16,19-20,24H,14H2,2-5H3,(H,31,35)(H3,28,29,30,33)/t16-,19+,20-,24+,26?,41?/m0/s1. The van der Waals surface area contributed by atoms with Crippen LogP contribution in [0, 0.1) is 12.3 Å². The third-order valence-corrected chi connectivity index (χ3v) is 7.82. The number of terminal acetylenes is 1. The molecule has 0 bridgehead atoms. The summed E-state index contributed by atoms with van der Waals surface area (Å²) in [6, 6.07) is 8.42. The Kier molecular flexibility index (Phi) is 8.86. The van der Waals surface area contributed by atoms with Crippen molar-refractivity contribution in [3.8, 4) is 18.1 Å². The van der Waals surface area contributed by atoms with E-state index in [1.807, 2.05) is 0 Å². The van der Waals surface area contributed by atoms with Gasteiger partial charge in [-0.3, -0.25) is 19.1 Å². The van der Waals surface area contributed by atoms with Gasteiger partial charge in [0.15, 0.2) is 11.9 Å². The minimum absolute atomic E-state index is 0.0298. The van der Waals surface area contributed by atoms with Crippen molar-refractivity contribution in [1.29, 1.82) is 0 Å². The topological polar surface area (TPSA) is 169 Å². The molecule has 4 N–H and O–H groups in total. The summed E-state index contributed by atoms with van der Waals surface area (Å²) in [6.07, 6.45) is 2.42. The monoisotopic (exact) mass is 591 g/mol. The molecule has 0 spiro atoms. The van der Waals surface area contributed by atoms with Crippen LogP contribution in [0.4, 0.5) is 10.3 Å². The van der Waals surface area contributed by atoms with Crippen molar-refractivity contribution >= 4 is 30.7 Å². The molecule has 1 aliphatic rings. The van der Waals surface area contributed by atoms with E-state index in [-0.39, 0.29) is 22.7 Å². The summed E-state index contributed by atoms with van der Waals surface area (Å²) >= 11 is 0.